The molecule has 0 spiro atoms. The molecule has 0 saturated carbocycles. The average Bonchev–Trinajstić information content (AvgIpc) is 2.70. The van der Waals surface area contributed by atoms with E-state index in [-0.39, 0.29) is 11.0 Å². The van der Waals surface area contributed by atoms with Crippen molar-refractivity contribution in [2.45, 2.75) is 20.3 Å². The van der Waals surface area contributed by atoms with Crippen LogP contribution in [0.3, 0.4) is 0 Å². The van der Waals surface area contributed by atoms with Crippen LogP contribution in [-0.4, -0.2) is 23.1 Å². The van der Waals surface area contributed by atoms with Gasteiger partial charge in [-0.1, -0.05) is 13.8 Å². The summed E-state index contributed by atoms with van der Waals surface area (Å²) in [5.41, 5.74) is 7.11. The van der Waals surface area contributed by atoms with Gasteiger partial charge < -0.3 is 10.6 Å². The maximum Gasteiger partial charge on any atom is 0.260 e. The first-order chi connectivity index (χ1) is 8.94. The van der Waals surface area contributed by atoms with Gasteiger partial charge in [-0.3, -0.25) is 9.78 Å². The van der Waals surface area contributed by atoms with E-state index in [1.165, 1.54) is 0 Å². The van der Waals surface area contributed by atoms with E-state index in [2.05, 4.69) is 28.7 Å². The second-order valence-corrected chi connectivity index (χ2v) is 6.00. The van der Waals surface area contributed by atoms with E-state index in [9.17, 15) is 4.79 Å². The first kappa shape index (κ1) is 12.0. The van der Waals surface area contributed by atoms with Gasteiger partial charge >= 0.3 is 0 Å². The van der Waals surface area contributed by atoms with E-state index in [1.807, 2.05) is 0 Å². The molecule has 0 aliphatic carbocycles. The summed E-state index contributed by atoms with van der Waals surface area (Å²) < 4.78 is 0. The maximum absolute atomic E-state index is 12.1. The van der Waals surface area contributed by atoms with E-state index >= 15 is 0 Å². The summed E-state index contributed by atoms with van der Waals surface area (Å²) in [6.45, 7) is 6.30. The highest BCUT2D eigenvalue weighted by Gasteiger charge is 2.30. The third-order valence-electron chi connectivity index (χ3n) is 3.69. The molecule has 3 N–H and O–H groups in total. The van der Waals surface area contributed by atoms with E-state index in [4.69, 9.17) is 5.73 Å². The van der Waals surface area contributed by atoms with E-state index in [1.54, 1.807) is 18.2 Å². The van der Waals surface area contributed by atoms with Crippen LogP contribution in [0.4, 0.5) is 11.6 Å². The van der Waals surface area contributed by atoms with Gasteiger partial charge in [-0.15, -0.1) is 0 Å². The molecule has 5 nitrogen and oxygen atoms in total. The fourth-order valence-corrected chi connectivity index (χ4v) is 2.59. The zero-order valence-corrected chi connectivity index (χ0v) is 11.2. The topological polar surface area (TPSA) is 75.0 Å². The first-order valence-corrected chi connectivity index (χ1v) is 6.49. The van der Waals surface area contributed by atoms with E-state index in [0.717, 1.165) is 19.5 Å². The Kier molecular flexibility index (Phi) is 2.52. The lowest BCUT2D eigenvalue weighted by molar-refractivity contribution is 0.418. The quantitative estimate of drug-likeness (QED) is 0.764. The minimum absolute atomic E-state index is 0.128. The molecule has 0 radical (unpaired) electrons. The summed E-state index contributed by atoms with van der Waals surface area (Å²) in [5, 5.41) is 0.544. The van der Waals surface area contributed by atoms with Gasteiger partial charge in [-0.2, -0.15) is 0 Å². The van der Waals surface area contributed by atoms with Gasteiger partial charge in [0.1, 0.15) is 0 Å². The van der Waals surface area contributed by atoms with Crippen LogP contribution in [0.5, 0.6) is 0 Å². The average molecular weight is 258 g/mol. The number of aromatic nitrogens is 2. The van der Waals surface area contributed by atoms with Crippen molar-refractivity contribution in [3.8, 4) is 0 Å². The fourth-order valence-electron chi connectivity index (χ4n) is 2.59. The molecule has 1 aromatic heterocycles. The summed E-state index contributed by atoms with van der Waals surface area (Å²) in [4.78, 5) is 21.6. The van der Waals surface area contributed by atoms with Gasteiger partial charge in [-0.05, 0) is 30.0 Å². The number of nitrogens with one attached hydrogen (secondary N) is 1. The molecule has 0 atom stereocenters. The number of nitrogens with two attached hydrogens (primary N) is 1. The number of anilines is 2. The van der Waals surface area contributed by atoms with Crippen molar-refractivity contribution in [3.63, 3.8) is 0 Å². The largest absolute Gasteiger partial charge is 0.399 e. The molecule has 0 amide bonds. The smallest absolute Gasteiger partial charge is 0.260 e. The zero-order chi connectivity index (χ0) is 13.6. The lowest BCUT2D eigenvalue weighted by Gasteiger charge is -2.20. The molecular formula is C14H18N4O. The number of nitrogen functional groups attached to an aromatic ring is 1. The SMILES string of the molecule is CC1(C)CCN(c2nc3ccc(N)cc3c(=O)[nH]2)C1. The number of fused-ring (bicyclic) bond motifs is 1. The minimum atomic E-state index is -0.128. The Morgan fingerprint density at radius 2 is 2.21 bits per heavy atom. The van der Waals surface area contributed by atoms with Gasteiger partial charge in [0.05, 0.1) is 10.9 Å². The van der Waals surface area contributed by atoms with Crippen LogP contribution in [0, 0.1) is 5.41 Å². The molecule has 19 heavy (non-hydrogen) atoms. The number of aromatic amines is 1. The molecule has 3 rings (SSSR count). The van der Waals surface area contributed by atoms with Crippen molar-refractivity contribution in [1.29, 1.82) is 0 Å². The molecule has 1 aliphatic heterocycles. The Morgan fingerprint density at radius 3 is 2.89 bits per heavy atom. The van der Waals surface area contributed by atoms with Crippen molar-refractivity contribution >= 4 is 22.5 Å². The molecule has 100 valence electrons. The summed E-state index contributed by atoms with van der Waals surface area (Å²) in [6.07, 6.45) is 1.11. The molecule has 1 fully saturated rings. The summed E-state index contributed by atoms with van der Waals surface area (Å²) in [6, 6.07) is 5.23. The third-order valence-corrected chi connectivity index (χ3v) is 3.69. The van der Waals surface area contributed by atoms with Crippen LogP contribution in [-0.2, 0) is 0 Å². The Balaban J connectivity index is 2.07. The predicted molar refractivity (Wildman–Crippen MR) is 77.4 cm³/mol. The number of hydrogen-bond donors (Lipinski definition) is 2. The monoisotopic (exact) mass is 258 g/mol. The van der Waals surface area contributed by atoms with Gasteiger partial charge in [0.2, 0.25) is 5.95 Å². The van der Waals surface area contributed by atoms with Crippen LogP contribution < -0.4 is 16.2 Å². The van der Waals surface area contributed by atoms with Crippen molar-refractivity contribution in [2.75, 3.05) is 23.7 Å². The maximum atomic E-state index is 12.1. The highest BCUT2D eigenvalue weighted by Crippen LogP contribution is 2.30. The van der Waals surface area contributed by atoms with Gasteiger partial charge in [0, 0.05) is 18.8 Å². The van der Waals surface area contributed by atoms with Crippen LogP contribution in [0.25, 0.3) is 10.9 Å². The summed E-state index contributed by atoms with van der Waals surface area (Å²) in [5.74, 6) is 0.660. The van der Waals surface area contributed by atoms with Crippen molar-refractivity contribution in [3.05, 3.63) is 28.6 Å². The Bertz CT molecular complexity index is 689. The lowest BCUT2D eigenvalue weighted by atomic mass is 9.93. The number of hydrogen-bond acceptors (Lipinski definition) is 4. The van der Waals surface area contributed by atoms with Crippen molar-refractivity contribution < 1.29 is 0 Å². The van der Waals surface area contributed by atoms with Crippen molar-refractivity contribution in [1.82, 2.24) is 9.97 Å². The predicted octanol–water partition coefficient (Wildman–Crippen LogP) is 1.74. The van der Waals surface area contributed by atoms with Gasteiger partial charge in [0.25, 0.3) is 5.56 Å². The second-order valence-electron chi connectivity index (χ2n) is 6.00. The van der Waals surface area contributed by atoms with Gasteiger partial charge in [-0.25, -0.2) is 4.98 Å². The third kappa shape index (κ3) is 2.16. The Hall–Kier alpha value is -2.04. The van der Waals surface area contributed by atoms with Crippen LogP contribution >= 0.6 is 0 Å². The normalized spacial score (nSPS) is 18.1. The fraction of sp³-hybridized carbons (Fsp3) is 0.429. The van der Waals surface area contributed by atoms with Crippen LogP contribution in [0.1, 0.15) is 20.3 Å². The van der Waals surface area contributed by atoms with Gasteiger partial charge in [0.15, 0.2) is 0 Å². The van der Waals surface area contributed by atoms with E-state index < -0.39 is 0 Å². The molecular weight excluding hydrogens is 240 g/mol. The number of rotatable bonds is 1. The molecule has 0 unspecified atom stereocenters. The molecule has 0 bridgehead atoms. The lowest BCUT2D eigenvalue weighted by Crippen LogP contribution is -2.27. The Morgan fingerprint density at radius 1 is 1.42 bits per heavy atom. The molecule has 5 heteroatoms. The van der Waals surface area contributed by atoms with Crippen molar-refractivity contribution in [2.24, 2.45) is 5.41 Å². The second kappa shape index (κ2) is 3.98. The Labute approximate surface area is 111 Å². The number of nitrogens with zero attached hydrogens (tertiary/aromatic N) is 2. The molecule has 1 saturated heterocycles. The molecule has 1 aliphatic rings. The number of H-pyrrole nitrogens is 1. The highest BCUT2D eigenvalue weighted by atomic mass is 16.1. The van der Waals surface area contributed by atoms with E-state index in [0.29, 0.717) is 22.5 Å². The zero-order valence-electron chi connectivity index (χ0n) is 11.2. The standard InChI is InChI=1S/C14H18N4O/c1-14(2)5-6-18(8-14)13-16-11-4-3-9(15)7-10(11)12(19)17-13/h3-4,7H,5-6,8,15H2,1-2H3,(H,16,17,19). The molecule has 2 heterocycles. The summed E-state index contributed by atoms with van der Waals surface area (Å²) >= 11 is 0. The summed E-state index contributed by atoms with van der Waals surface area (Å²) in [7, 11) is 0. The minimum Gasteiger partial charge on any atom is -0.399 e. The van der Waals surface area contributed by atoms with Crippen LogP contribution in [0.15, 0.2) is 23.0 Å². The van der Waals surface area contributed by atoms with Crippen LogP contribution in [0.2, 0.25) is 0 Å². The first-order valence-electron chi connectivity index (χ1n) is 6.49. The highest BCUT2D eigenvalue weighted by molar-refractivity contribution is 5.81. The molecule has 2 aromatic rings. The number of benzene rings is 1. The molecule has 1 aromatic carbocycles.